The number of nitrogens with one attached hydrogen (secondary N) is 2. The Morgan fingerprint density at radius 2 is 1.76 bits per heavy atom. The number of pyridine rings is 3. The first kappa shape index (κ1) is 25.1. The lowest BCUT2D eigenvalue weighted by Crippen LogP contribution is -2.25. The lowest BCUT2D eigenvalue weighted by molar-refractivity contribution is 0.237. The van der Waals surface area contributed by atoms with Crippen molar-refractivity contribution in [1.82, 2.24) is 40.0 Å². The average molecular weight is 551 g/mol. The number of hydrogen-bond donors (Lipinski definition) is 2. The van der Waals surface area contributed by atoms with E-state index in [1.165, 1.54) is 32.1 Å². The highest BCUT2D eigenvalue weighted by molar-refractivity contribution is 5.97. The normalized spacial score (nSPS) is 13.8. The van der Waals surface area contributed by atoms with E-state index in [4.69, 9.17) is 14.5 Å². The second-order valence-electron chi connectivity index (χ2n) is 10.0. The number of halogens is 1. The van der Waals surface area contributed by atoms with Crippen LogP contribution in [0.2, 0.25) is 0 Å². The van der Waals surface area contributed by atoms with Crippen molar-refractivity contribution in [2.75, 3.05) is 33.4 Å². The van der Waals surface area contributed by atoms with Crippen LogP contribution in [-0.2, 0) is 0 Å². The van der Waals surface area contributed by atoms with Crippen molar-refractivity contribution in [3.8, 4) is 45.4 Å². The molecule has 11 heteroatoms. The molecule has 0 spiro atoms. The highest BCUT2D eigenvalue weighted by atomic mass is 19.1. The summed E-state index contributed by atoms with van der Waals surface area (Å²) in [6, 6.07) is 8.45. The van der Waals surface area contributed by atoms with Gasteiger partial charge in [-0.1, -0.05) is 0 Å². The number of aromatic nitrogens is 7. The van der Waals surface area contributed by atoms with Crippen LogP contribution in [0.15, 0.2) is 61.3 Å². The number of imidazole rings is 1. The highest BCUT2D eigenvalue weighted by Crippen LogP contribution is 2.33. The Morgan fingerprint density at radius 3 is 2.63 bits per heavy atom. The van der Waals surface area contributed by atoms with Gasteiger partial charge in [-0.15, -0.1) is 0 Å². The molecule has 1 saturated heterocycles. The minimum atomic E-state index is -0.402. The SMILES string of the molecule is COc1cc(F)cc(-c2cncc3[nH]c(-c4n[nH]c5cnc(-c6cncc(OCCN7CCCC7)c6)cc45)nc23)c1. The van der Waals surface area contributed by atoms with Crippen LogP contribution in [0.4, 0.5) is 4.39 Å². The topological polar surface area (TPSA) is 118 Å². The molecule has 1 aromatic carbocycles. The second kappa shape index (κ2) is 10.6. The Labute approximate surface area is 234 Å². The molecule has 6 aromatic rings. The van der Waals surface area contributed by atoms with Gasteiger partial charge in [0.1, 0.15) is 29.6 Å². The second-order valence-corrected chi connectivity index (χ2v) is 10.0. The average Bonchev–Trinajstić information content (AvgIpc) is 3.76. The van der Waals surface area contributed by atoms with Gasteiger partial charge in [-0.3, -0.25) is 25.0 Å². The molecule has 5 aromatic heterocycles. The highest BCUT2D eigenvalue weighted by Gasteiger charge is 2.18. The van der Waals surface area contributed by atoms with E-state index in [-0.39, 0.29) is 0 Å². The molecule has 2 N–H and O–H groups in total. The summed E-state index contributed by atoms with van der Waals surface area (Å²) in [7, 11) is 1.50. The maximum atomic E-state index is 14.3. The monoisotopic (exact) mass is 550 g/mol. The van der Waals surface area contributed by atoms with Gasteiger partial charge >= 0.3 is 0 Å². The lowest BCUT2D eigenvalue weighted by atomic mass is 10.1. The molecular weight excluding hydrogens is 523 g/mol. The summed E-state index contributed by atoms with van der Waals surface area (Å²) in [6.45, 7) is 3.81. The van der Waals surface area contributed by atoms with E-state index in [9.17, 15) is 4.39 Å². The molecule has 0 saturated carbocycles. The fourth-order valence-corrected chi connectivity index (χ4v) is 5.28. The molecule has 10 nitrogen and oxygen atoms in total. The van der Waals surface area contributed by atoms with Gasteiger partial charge in [0.25, 0.3) is 0 Å². The van der Waals surface area contributed by atoms with Crippen LogP contribution in [-0.4, -0.2) is 73.4 Å². The van der Waals surface area contributed by atoms with Gasteiger partial charge in [0, 0.05) is 41.5 Å². The summed E-state index contributed by atoms with van der Waals surface area (Å²) >= 11 is 0. The van der Waals surface area contributed by atoms with Crippen LogP contribution in [0.25, 0.3) is 55.8 Å². The van der Waals surface area contributed by atoms with Gasteiger partial charge in [-0.2, -0.15) is 5.10 Å². The third-order valence-corrected chi connectivity index (χ3v) is 7.37. The van der Waals surface area contributed by atoms with Crippen LogP contribution >= 0.6 is 0 Å². The number of rotatable bonds is 8. The predicted octanol–water partition coefficient (Wildman–Crippen LogP) is 5.25. The quantitative estimate of drug-likeness (QED) is 0.264. The molecule has 206 valence electrons. The van der Waals surface area contributed by atoms with E-state index in [1.807, 2.05) is 12.1 Å². The first-order chi connectivity index (χ1) is 20.1. The van der Waals surface area contributed by atoms with Crippen molar-refractivity contribution in [1.29, 1.82) is 0 Å². The molecular formula is C30H27FN8O2. The number of nitrogens with zero attached hydrogens (tertiary/aromatic N) is 6. The molecule has 0 amide bonds. The Bertz CT molecular complexity index is 1860. The number of H-pyrrole nitrogens is 2. The van der Waals surface area contributed by atoms with E-state index in [1.54, 1.807) is 37.1 Å². The summed E-state index contributed by atoms with van der Waals surface area (Å²) in [5.41, 5.74) is 5.63. The van der Waals surface area contributed by atoms with Crippen molar-refractivity contribution in [3.63, 3.8) is 0 Å². The van der Waals surface area contributed by atoms with Gasteiger partial charge in [-0.05, 0) is 55.8 Å². The number of aromatic amines is 2. The summed E-state index contributed by atoms with van der Waals surface area (Å²) in [5, 5.41) is 8.42. The van der Waals surface area contributed by atoms with Crippen molar-refractivity contribution in [3.05, 3.63) is 67.1 Å². The molecule has 0 bridgehead atoms. The maximum Gasteiger partial charge on any atom is 0.159 e. The van der Waals surface area contributed by atoms with Gasteiger partial charge < -0.3 is 14.5 Å². The molecule has 7 rings (SSSR count). The van der Waals surface area contributed by atoms with Crippen LogP contribution in [0.5, 0.6) is 11.5 Å². The minimum absolute atomic E-state index is 0.402. The van der Waals surface area contributed by atoms with Gasteiger partial charge in [-0.25, -0.2) is 9.37 Å². The van der Waals surface area contributed by atoms with Crippen molar-refractivity contribution in [2.24, 2.45) is 0 Å². The van der Waals surface area contributed by atoms with Crippen LogP contribution in [0.3, 0.4) is 0 Å². The van der Waals surface area contributed by atoms with Crippen molar-refractivity contribution < 1.29 is 13.9 Å². The van der Waals surface area contributed by atoms with E-state index >= 15 is 0 Å². The predicted molar refractivity (Wildman–Crippen MR) is 153 cm³/mol. The zero-order valence-electron chi connectivity index (χ0n) is 22.4. The van der Waals surface area contributed by atoms with E-state index in [0.717, 1.165) is 41.8 Å². The van der Waals surface area contributed by atoms with Crippen molar-refractivity contribution in [2.45, 2.75) is 12.8 Å². The summed E-state index contributed by atoms with van der Waals surface area (Å²) in [5.74, 6) is 1.28. The smallest absolute Gasteiger partial charge is 0.159 e. The van der Waals surface area contributed by atoms with E-state index in [0.29, 0.717) is 51.8 Å². The van der Waals surface area contributed by atoms with E-state index in [2.05, 4.69) is 35.0 Å². The third-order valence-electron chi connectivity index (χ3n) is 7.37. The third kappa shape index (κ3) is 4.95. The fourth-order valence-electron chi connectivity index (χ4n) is 5.28. The first-order valence-corrected chi connectivity index (χ1v) is 13.5. The Hall–Kier alpha value is -4.90. The maximum absolute atomic E-state index is 14.3. The fraction of sp³-hybridized carbons (Fsp3) is 0.233. The number of ether oxygens (including phenoxy) is 2. The van der Waals surface area contributed by atoms with Crippen molar-refractivity contribution >= 4 is 21.9 Å². The summed E-state index contributed by atoms with van der Waals surface area (Å²) < 4.78 is 25.5. The summed E-state index contributed by atoms with van der Waals surface area (Å²) in [4.78, 5) is 23.9. The molecule has 1 fully saturated rings. The van der Waals surface area contributed by atoms with Gasteiger partial charge in [0.05, 0.1) is 47.9 Å². The van der Waals surface area contributed by atoms with Gasteiger partial charge in [0.15, 0.2) is 5.82 Å². The standard InChI is InChI=1S/C30H27FN8O2/c1-40-21-9-18(8-20(31)11-21)24-15-33-16-27-28(24)36-30(35-27)29-23-12-25(34-17-26(23)37-38-29)19-10-22(14-32-13-19)41-7-6-39-4-2-3-5-39/h8-17H,2-7H2,1H3,(H,35,36)(H,37,38). The summed E-state index contributed by atoms with van der Waals surface area (Å²) in [6.07, 6.45) is 11.1. The Balaban J connectivity index is 1.21. The molecule has 0 aliphatic carbocycles. The first-order valence-electron chi connectivity index (χ1n) is 13.5. The lowest BCUT2D eigenvalue weighted by Gasteiger charge is -2.15. The van der Waals surface area contributed by atoms with Crippen LogP contribution < -0.4 is 9.47 Å². The van der Waals surface area contributed by atoms with E-state index < -0.39 is 5.82 Å². The number of benzene rings is 1. The largest absolute Gasteiger partial charge is 0.497 e. The number of methoxy groups -OCH3 is 1. The Kier molecular flexibility index (Phi) is 6.48. The molecule has 0 atom stereocenters. The number of likely N-dealkylation sites (tertiary alicyclic amines) is 1. The molecule has 1 aliphatic heterocycles. The number of hydrogen-bond acceptors (Lipinski definition) is 8. The molecule has 0 unspecified atom stereocenters. The minimum Gasteiger partial charge on any atom is -0.497 e. The molecule has 41 heavy (non-hydrogen) atoms. The number of fused-ring (bicyclic) bond motifs is 2. The van der Waals surface area contributed by atoms with Crippen LogP contribution in [0.1, 0.15) is 12.8 Å². The zero-order valence-corrected chi connectivity index (χ0v) is 22.4. The molecule has 6 heterocycles. The molecule has 0 radical (unpaired) electrons. The molecule has 1 aliphatic rings. The van der Waals surface area contributed by atoms with Gasteiger partial charge in [0.2, 0.25) is 0 Å². The zero-order chi connectivity index (χ0) is 27.8. The Morgan fingerprint density at radius 1 is 0.902 bits per heavy atom. The van der Waals surface area contributed by atoms with Crippen LogP contribution in [0, 0.1) is 5.82 Å².